The number of nitrogens with zero attached hydrogens (tertiary/aromatic N) is 1. The quantitative estimate of drug-likeness (QED) is 0.827. The predicted molar refractivity (Wildman–Crippen MR) is 78.2 cm³/mol. The minimum atomic E-state index is -1.00. The number of aromatic carboxylic acids is 1. The molecule has 0 atom stereocenters. The zero-order valence-electron chi connectivity index (χ0n) is 8.98. The molecule has 94 valence electrons. The molecule has 0 aliphatic carbocycles. The maximum Gasteiger partial charge on any atom is 0.339 e. The smallest absolute Gasteiger partial charge is 0.339 e. The van der Waals surface area contributed by atoms with Crippen LogP contribution in [0.3, 0.4) is 0 Å². The molecule has 2 aromatic rings. The summed E-state index contributed by atoms with van der Waals surface area (Å²) < 4.78 is 1.69. The van der Waals surface area contributed by atoms with Crippen molar-refractivity contribution in [1.29, 1.82) is 0 Å². The Kier molecular flexibility index (Phi) is 4.36. The number of carboxylic acid groups (broad SMARTS) is 1. The van der Waals surface area contributed by atoms with Crippen LogP contribution >= 0.6 is 43.2 Å². The van der Waals surface area contributed by atoms with E-state index < -0.39 is 5.97 Å². The predicted octanol–water partition coefficient (Wildman–Crippen LogP) is 3.98. The molecule has 2 heterocycles. The second-order valence-corrected chi connectivity index (χ2v) is 6.88. The minimum Gasteiger partial charge on any atom is -0.478 e. The van der Waals surface area contributed by atoms with Gasteiger partial charge in [0.05, 0.1) is 10.3 Å². The highest BCUT2D eigenvalue weighted by Crippen LogP contribution is 2.24. The van der Waals surface area contributed by atoms with Gasteiger partial charge in [-0.2, -0.15) is 0 Å². The number of halogens is 2. The number of pyridine rings is 1. The normalized spacial score (nSPS) is 10.3. The molecule has 0 aliphatic rings. The summed E-state index contributed by atoms with van der Waals surface area (Å²) >= 11 is 8.18. The zero-order chi connectivity index (χ0) is 13.1. The molecule has 2 aromatic heterocycles. The standard InChI is InChI=1S/C11H8Br2N2O2S/c12-6-3-8(11(16)17)10(14-4-6)15-5-7-1-2-9(13)18-7/h1-4H,5H2,(H,14,15)(H,16,17). The van der Waals surface area contributed by atoms with E-state index in [9.17, 15) is 4.79 Å². The fraction of sp³-hybridized carbons (Fsp3) is 0.0909. The third-order valence-electron chi connectivity index (χ3n) is 2.14. The molecular formula is C11H8Br2N2O2S. The van der Waals surface area contributed by atoms with Gasteiger partial charge in [-0.1, -0.05) is 0 Å². The van der Waals surface area contributed by atoms with Crippen LogP contribution in [0.1, 0.15) is 15.2 Å². The van der Waals surface area contributed by atoms with Crippen molar-refractivity contribution in [3.05, 3.63) is 43.1 Å². The van der Waals surface area contributed by atoms with Gasteiger partial charge in [-0.15, -0.1) is 11.3 Å². The Bertz CT molecular complexity index is 586. The van der Waals surface area contributed by atoms with Crippen LogP contribution in [-0.4, -0.2) is 16.1 Å². The Labute approximate surface area is 124 Å². The van der Waals surface area contributed by atoms with Gasteiger partial charge in [0.2, 0.25) is 0 Å². The van der Waals surface area contributed by atoms with Crippen LogP contribution in [0.2, 0.25) is 0 Å². The number of thiophene rings is 1. The summed E-state index contributed by atoms with van der Waals surface area (Å²) in [7, 11) is 0. The second-order valence-electron chi connectivity index (χ2n) is 3.41. The Morgan fingerprint density at radius 1 is 1.44 bits per heavy atom. The van der Waals surface area contributed by atoms with E-state index in [1.807, 2.05) is 12.1 Å². The van der Waals surface area contributed by atoms with E-state index in [-0.39, 0.29) is 5.56 Å². The van der Waals surface area contributed by atoms with Crippen molar-refractivity contribution in [2.75, 3.05) is 5.32 Å². The van der Waals surface area contributed by atoms with Crippen molar-refractivity contribution in [2.24, 2.45) is 0 Å². The lowest BCUT2D eigenvalue weighted by Crippen LogP contribution is -2.07. The molecule has 0 unspecified atom stereocenters. The number of rotatable bonds is 4. The second kappa shape index (κ2) is 5.81. The zero-order valence-corrected chi connectivity index (χ0v) is 13.0. The molecule has 7 heteroatoms. The third-order valence-corrected chi connectivity index (χ3v) is 4.20. The van der Waals surface area contributed by atoms with Crippen molar-refractivity contribution >= 4 is 55.0 Å². The van der Waals surface area contributed by atoms with Crippen LogP contribution in [-0.2, 0) is 6.54 Å². The van der Waals surface area contributed by atoms with Crippen LogP contribution in [0.4, 0.5) is 5.82 Å². The highest BCUT2D eigenvalue weighted by atomic mass is 79.9. The average Bonchev–Trinajstić information content (AvgIpc) is 2.73. The molecule has 0 radical (unpaired) electrons. The molecule has 18 heavy (non-hydrogen) atoms. The van der Waals surface area contributed by atoms with Gasteiger partial charge in [0.1, 0.15) is 11.4 Å². The van der Waals surface area contributed by atoms with E-state index in [2.05, 4.69) is 42.2 Å². The van der Waals surface area contributed by atoms with E-state index >= 15 is 0 Å². The van der Waals surface area contributed by atoms with Gasteiger partial charge in [-0.3, -0.25) is 0 Å². The van der Waals surface area contributed by atoms with E-state index in [4.69, 9.17) is 5.11 Å². The van der Waals surface area contributed by atoms with Gasteiger partial charge in [-0.25, -0.2) is 9.78 Å². The first kappa shape index (κ1) is 13.5. The fourth-order valence-electron chi connectivity index (χ4n) is 1.36. The number of nitrogens with one attached hydrogen (secondary N) is 1. The lowest BCUT2D eigenvalue weighted by molar-refractivity contribution is 0.0697. The Hall–Kier alpha value is -0.920. The molecule has 0 spiro atoms. The summed E-state index contributed by atoms with van der Waals surface area (Å²) in [5.41, 5.74) is 0.153. The number of anilines is 1. The van der Waals surface area contributed by atoms with Crippen molar-refractivity contribution < 1.29 is 9.90 Å². The molecule has 0 aromatic carbocycles. The van der Waals surface area contributed by atoms with Crippen molar-refractivity contribution in [1.82, 2.24) is 4.98 Å². The molecule has 0 aliphatic heterocycles. The van der Waals surface area contributed by atoms with Gasteiger partial charge < -0.3 is 10.4 Å². The molecule has 0 fully saturated rings. The molecule has 0 saturated carbocycles. The summed E-state index contributed by atoms with van der Waals surface area (Å²) in [6.45, 7) is 0.547. The van der Waals surface area contributed by atoms with Gasteiger partial charge >= 0.3 is 5.97 Å². The summed E-state index contributed by atoms with van der Waals surface area (Å²) in [6.07, 6.45) is 1.57. The van der Waals surface area contributed by atoms with Crippen LogP contribution in [0, 0.1) is 0 Å². The van der Waals surface area contributed by atoms with Gasteiger partial charge in [0, 0.05) is 15.5 Å². The highest BCUT2D eigenvalue weighted by Gasteiger charge is 2.12. The van der Waals surface area contributed by atoms with Crippen LogP contribution in [0.5, 0.6) is 0 Å². The molecule has 4 nitrogen and oxygen atoms in total. The number of carboxylic acids is 1. The van der Waals surface area contributed by atoms with E-state index in [0.29, 0.717) is 16.8 Å². The summed E-state index contributed by atoms with van der Waals surface area (Å²) in [6, 6.07) is 5.46. The lowest BCUT2D eigenvalue weighted by atomic mass is 10.2. The van der Waals surface area contributed by atoms with Gasteiger partial charge in [-0.05, 0) is 50.1 Å². The van der Waals surface area contributed by atoms with E-state index in [1.165, 1.54) is 6.07 Å². The van der Waals surface area contributed by atoms with Crippen LogP contribution in [0.25, 0.3) is 0 Å². The molecular weight excluding hydrogens is 384 g/mol. The summed E-state index contributed by atoms with van der Waals surface area (Å²) in [5, 5.41) is 12.1. The number of hydrogen-bond acceptors (Lipinski definition) is 4. The SMILES string of the molecule is O=C(O)c1cc(Br)cnc1NCc1ccc(Br)s1. The van der Waals surface area contributed by atoms with Crippen LogP contribution < -0.4 is 5.32 Å². The number of aromatic nitrogens is 1. The van der Waals surface area contributed by atoms with Crippen molar-refractivity contribution in [2.45, 2.75) is 6.54 Å². The number of hydrogen-bond donors (Lipinski definition) is 2. The largest absolute Gasteiger partial charge is 0.478 e. The minimum absolute atomic E-state index is 0.153. The van der Waals surface area contributed by atoms with Gasteiger partial charge in [0.25, 0.3) is 0 Å². The average molecular weight is 392 g/mol. The van der Waals surface area contributed by atoms with Crippen molar-refractivity contribution in [3.63, 3.8) is 0 Å². The molecule has 0 bridgehead atoms. The van der Waals surface area contributed by atoms with E-state index in [1.54, 1.807) is 17.5 Å². The molecule has 0 amide bonds. The first-order valence-electron chi connectivity index (χ1n) is 4.93. The monoisotopic (exact) mass is 390 g/mol. The molecule has 2 rings (SSSR count). The molecule has 0 saturated heterocycles. The maximum atomic E-state index is 11.1. The van der Waals surface area contributed by atoms with Crippen molar-refractivity contribution in [3.8, 4) is 0 Å². The topological polar surface area (TPSA) is 62.2 Å². The highest BCUT2D eigenvalue weighted by molar-refractivity contribution is 9.11. The Morgan fingerprint density at radius 3 is 2.83 bits per heavy atom. The third kappa shape index (κ3) is 3.30. The first-order valence-corrected chi connectivity index (χ1v) is 7.33. The first-order chi connectivity index (χ1) is 8.56. The summed E-state index contributed by atoms with van der Waals surface area (Å²) in [4.78, 5) is 16.3. The lowest BCUT2D eigenvalue weighted by Gasteiger charge is -2.07. The summed E-state index contributed by atoms with van der Waals surface area (Å²) in [5.74, 6) is -0.631. The maximum absolute atomic E-state index is 11.1. The Morgan fingerprint density at radius 2 is 2.22 bits per heavy atom. The number of carbonyl (C=O) groups is 1. The fourth-order valence-corrected chi connectivity index (χ4v) is 3.11. The van der Waals surface area contributed by atoms with E-state index in [0.717, 1.165) is 8.66 Å². The molecule has 2 N–H and O–H groups in total. The Balaban J connectivity index is 2.16. The van der Waals surface area contributed by atoms with Crippen LogP contribution in [0.15, 0.2) is 32.7 Å². The van der Waals surface area contributed by atoms with Gasteiger partial charge in [0.15, 0.2) is 0 Å².